The van der Waals surface area contributed by atoms with Crippen molar-refractivity contribution in [1.82, 2.24) is 0 Å². The van der Waals surface area contributed by atoms with Crippen LogP contribution in [0.4, 0.5) is 0 Å². The molecule has 0 aromatic heterocycles. The van der Waals surface area contributed by atoms with Crippen molar-refractivity contribution in [3.8, 4) is 5.75 Å². The molecule has 0 bridgehead atoms. The molecule has 1 saturated heterocycles. The molecule has 1 aliphatic carbocycles. The molecular formula is C14H18O2S. The van der Waals surface area contributed by atoms with E-state index in [1.165, 1.54) is 18.6 Å². The summed E-state index contributed by atoms with van der Waals surface area (Å²) in [5.74, 6) is 3.63. The van der Waals surface area contributed by atoms with Crippen LogP contribution in [-0.4, -0.2) is 22.7 Å². The highest BCUT2D eigenvalue weighted by Crippen LogP contribution is 2.35. The van der Waals surface area contributed by atoms with E-state index in [0.29, 0.717) is 12.0 Å². The van der Waals surface area contributed by atoms with E-state index in [4.69, 9.17) is 4.74 Å². The van der Waals surface area contributed by atoms with Crippen LogP contribution in [0.1, 0.15) is 30.9 Å². The first-order valence-electron chi connectivity index (χ1n) is 6.35. The van der Waals surface area contributed by atoms with E-state index in [2.05, 4.69) is 0 Å². The van der Waals surface area contributed by atoms with Crippen LogP contribution >= 0.6 is 11.8 Å². The molecule has 0 radical (unpaired) electrons. The molecule has 92 valence electrons. The maximum atomic E-state index is 10.3. The van der Waals surface area contributed by atoms with Gasteiger partial charge in [0.1, 0.15) is 5.75 Å². The molecule has 2 nitrogen and oxygen atoms in total. The summed E-state index contributed by atoms with van der Waals surface area (Å²) in [4.78, 5) is 0. The molecule has 1 heterocycles. The van der Waals surface area contributed by atoms with E-state index in [0.717, 1.165) is 23.5 Å². The number of aliphatic hydroxyl groups is 1. The van der Waals surface area contributed by atoms with Gasteiger partial charge in [-0.05, 0) is 54.4 Å². The van der Waals surface area contributed by atoms with Crippen LogP contribution in [0.5, 0.6) is 5.75 Å². The van der Waals surface area contributed by atoms with Gasteiger partial charge in [-0.15, -0.1) is 0 Å². The fraction of sp³-hybridized carbons (Fsp3) is 0.571. The topological polar surface area (TPSA) is 29.5 Å². The summed E-state index contributed by atoms with van der Waals surface area (Å²) in [6.07, 6.45) is 3.64. The highest BCUT2D eigenvalue weighted by molar-refractivity contribution is 7.99. The Morgan fingerprint density at radius 3 is 2.53 bits per heavy atom. The molecule has 1 aromatic rings. The van der Waals surface area contributed by atoms with Crippen molar-refractivity contribution >= 4 is 11.8 Å². The average molecular weight is 250 g/mol. The first-order valence-corrected chi connectivity index (χ1v) is 7.51. The largest absolute Gasteiger partial charge is 0.490 e. The van der Waals surface area contributed by atoms with Crippen LogP contribution in [0, 0.1) is 5.92 Å². The number of ether oxygens (including phenoxy) is 1. The molecule has 0 spiro atoms. The average Bonchev–Trinajstić information content (AvgIpc) is 3.00. The van der Waals surface area contributed by atoms with E-state index < -0.39 is 0 Å². The van der Waals surface area contributed by atoms with Crippen molar-refractivity contribution < 1.29 is 9.84 Å². The molecule has 2 atom stereocenters. The van der Waals surface area contributed by atoms with Gasteiger partial charge in [0.25, 0.3) is 0 Å². The standard InChI is InChI=1S/C14H18O2S/c15-14(11-7-8-17-9-11)10-1-3-12(4-2-10)16-13-5-6-13/h1-4,11,13-15H,5-9H2. The van der Waals surface area contributed by atoms with E-state index in [1.54, 1.807) is 0 Å². The third-order valence-corrected chi connectivity index (χ3v) is 4.65. The van der Waals surface area contributed by atoms with Crippen LogP contribution in [0.15, 0.2) is 24.3 Å². The Morgan fingerprint density at radius 2 is 1.94 bits per heavy atom. The molecule has 1 N–H and O–H groups in total. The summed E-state index contributed by atoms with van der Waals surface area (Å²) < 4.78 is 5.70. The summed E-state index contributed by atoms with van der Waals surface area (Å²) in [6.45, 7) is 0. The van der Waals surface area contributed by atoms with Crippen LogP contribution < -0.4 is 4.74 Å². The summed E-state index contributed by atoms with van der Waals surface area (Å²) >= 11 is 1.94. The summed E-state index contributed by atoms with van der Waals surface area (Å²) in [7, 11) is 0. The fourth-order valence-electron chi connectivity index (χ4n) is 2.20. The van der Waals surface area contributed by atoms with E-state index in [1.807, 2.05) is 36.0 Å². The zero-order valence-electron chi connectivity index (χ0n) is 9.84. The van der Waals surface area contributed by atoms with Crippen molar-refractivity contribution in [2.45, 2.75) is 31.5 Å². The van der Waals surface area contributed by atoms with Gasteiger partial charge in [0.05, 0.1) is 12.2 Å². The summed E-state index contributed by atoms with van der Waals surface area (Å²) in [5, 5.41) is 10.3. The number of benzene rings is 1. The molecule has 2 fully saturated rings. The number of thioether (sulfide) groups is 1. The Balaban J connectivity index is 1.65. The van der Waals surface area contributed by atoms with Crippen molar-refractivity contribution in [3.05, 3.63) is 29.8 Å². The molecule has 17 heavy (non-hydrogen) atoms. The van der Waals surface area contributed by atoms with Gasteiger partial charge in [-0.25, -0.2) is 0 Å². The number of hydrogen-bond donors (Lipinski definition) is 1. The molecule has 1 aromatic carbocycles. The van der Waals surface area contributed by atoms with E-state index in [9.17, 15) is 5.11 Å². The van der Waals surface area contributed by atoms with Crippen LogP contribution in [-0.2, 0) is 0 Å². The molecule has 0 amide bonds. The molecular weight excluding hydrogens is 232 g/mol. The van der Waals surface area contributed by atoms with Gasteiger partial charge in [0.2, 0.25) is 0 Å². The minimum absolute atomic E-state index is 0.306. The van der Waals surface area contributed by atoms with Gasteiger partial charge >= 0.3 is 0 Å². The fourth-order valence-corrected chi connectivity index (χ4v) is 3.48. The lowest BCUT2D eigenvalue weighted by atomic mass is 9.95. The Kier molecular flexibility index (Phi) is 3.30. The number of rotatable bonds is 4. The SMILES string of the molecule is OC(c1ccc(OC2CC2)cc1)C1CCSC1. The normalized spacial score (nSPS) is 25.8. The molecule has 3 rings (SSSR count). The minimum atomic E-state index is -0.306. The van der Waals surface area contributed by atoms with Crippen molar-refractivity contribution in [2.24, 2.45) is 5.92 Å². The van der Waals surface area contributed by atoms with Gasteiger partial charge in [0, 0.05) is 0 Å². The zero-order chi connectivity index (χ0) is 11.7. The highest BCUT2D eigenvalue weighted by Gasteiger charge is 2.26. The first kappa shape index (κ1) is 11.4. The maximum Gasteiger partial charge on any atom is 0.119 e. The van der Waals surface area contributed by atoms with Gasteiger partial charge < -0.3 is 9.84 Å². The van der Waals surface area contributed by atoms with Gasteiger partial charge in [-0.3, -0.25) is 0 Å². The zero-order valence-corrected chi connectivity index (χ0v) is 10.7. The monoisotopic (exact) mass is 250 g/mol. The second kappa shape index (κ2) is 4.91. The summed E-state index contributed by atoms with van der Waals surface area (Å²) in [5.41, 5.74) is 1.03. The molecule has 1 saturated carbocycles. The van der Waals surface area contributed by atoms with Crippen molar-refractivity contribution in [2.75, 3.05) is 11.5 Å². The Hall–Kier alpha value is -0.670. The predicted molar refractivity (Wildman–Crippen MR) is 70.5 cm³/mol. The van der Waals surface area contributed by atoms with E-state index >= 15 is 0 Å². The molecule has 2 unspecified atom stereocenters. The third-order valence-electron chi connectivity index (χ3n) is 3.46. The maximum absolute atomic E-state index is 10.3. The Bertz CT molecular complexity index is 366. The smallest absolute Gasteiger partial charge is 0.119 e. The molecule has 2 aliphatic rings. The lowest BCUT2D eigenvalue weighted by Gasteiger charge is -2.17. The highest BCUT2D eigenvalue weighted by atomic mass is 32.2. The molecule has 3 heteroatoms. The van der Waals surface area contributed by atoms with Crippen LogP contribution in [0.2, 0.25) is 0 Å². The third kappa shape index (κ3) is 2.78. The minimum Gasteiger partial charge on any atom is -0.490 e. The number of aliphatic hydroxyl groups excluding tert-OH is 1. The Labute approximate surface area is 106 Å². The number of hydrogen-bond acceptors (Lipinski definition) is 3. The van der Waals surface area contributed by atoms with Gasteiger partial charge in [-0.2, -0.15) is 11.8 Å². The van der Waals surface area contributed by atoms with Gasteiger partial charge in [-0.1, -0.05) is 12.1 Å². The van der Waals surface area contributed by atoms with Crippen molar-refractivity contribution in [3.63, 3.8) is 0 Å². The van der Waals surface area contributed by atoms with Gasteiger partial charge in [0.15, 0.2) is 0 Å². The quantitative estimate of drug-likeness (QED) is 0.890. The lowest BCUT2D eigenvalue weighted by molar-refractivity contribution is 0.121. The Morgan fingerprint density at radius 1 is 1.18 bits per heavy atom. The lowest BCUT2D eigenvalue weighted by Crippen LogP contribution is -2.11. The first-order chi connectivity index (χ1) is 8.33. The van der Waals surface area contributed by atoms with Crippen LogP contribution in [0.3, 0.4) is 0 Å². The van der Waals surface area contributed by atoms with E-state index in [-0.39, 0.29) is 6.10 Å². The summed E-state index contributed by atoms with van der Waals surface area (Å²) in [6, 6.07) is 7.98. The van der Waals surface area contributed by atoms with Crippen molar-refractivity contribution in [1.29, 1.82) is 0 Å². The molecule has 1 aliphatic heterocycles. The second-order valence-electron chi connectivity index (χ2n) is 4.95. The predicted octanol–water partition coefficient (Wildman–Crippen LogP) is 3.01. The van der Waals surface area contributed by atoms with Crippen LogP contribution in [0.25, 0.3) is 0 Å². The second-order valence-corrected chi connectivity index (χ2v) is 6.10.